The fourth-order valence-electron chi connectivity index (χ4n) is 2.18. The van der Waals surface area contributed by atoms with E-state index in [1.54, 1.807) is 26.4 Å². The molecule has 0 spiro atoms. The predicted molar refractivity (Wildman–Crippen MR) is 97.8 cm³/mol. The van der Waals surface area contributed by atoms with Gasteiger partial charge in [-0.3, -0.25) is 0 Å². The van der Waals surface area contributed by atoms with Crippen molar-refractivity contribution in [2.75, 3.05) is 37.2 Å². The van der Waals surface area contributed by atoms with E-state index in [0.717, 1.165) is 22.4 Å². The first-order valence-electron chi connectivity index (χ1n) is 7.11. The van der Waals surface area contributed by atoms with Gasteiger partial charge in [-0.15, -0.1) is 0 Å². The van der Waals surface area contributed by atoms with Crippen molar-refractivity contribution in [2.24, 2.45) is 0 Å². The lowest BCUT2D eigenvalue weighted by Crippen LogP contribution is -2.01. The van der Waals surface area contributed by atoms with Crippen molar-refractivity contribution >= 4 is 22.7 Å². The molecule has 8 N–H and O–H groups in total. The van der Waals surface area contributed by atoms with Gasteiger partial charge >= 0.3 is 0 Å². The molecule has 2 aromatic carbocycles. The van der Waals surface area contributed by atoms with Crippen LogP contribution in [0.2, 0.25) is 0 Å². The number of ether oxygens (including phenoxy) is 2. The Hall–Kier alpha value is -2.76. The van der Waals surface area contributed by atoms with Gasteiger partial charge in [-0.1, -0.05) is 0 Å². The summed E-state index contributed by atoms with van der Waals surface area (Å²) in [5.41, 5.74) is 28.4. The van der Waals surface area contributed by atoms with Gasteiger partial charge < -0.3 is 32.4 Å². The number of methoxy groups -OCH3 is 2. The van der Waals surface area contributed by atoms with Crippen LogP contribution in [0.1, 0.15) is 16.7 Å². The van der Waals surface area contributed by atoms with Crippen LogP contribution in [-0.2, 0) is 0 Å². The van der Waals surface area contributed by atoms with Gasteiger partial charge in [-0.25, -0.2) is 0 Å². The number of anilines is 4. The maximum Gasteiger partial charge on any atom is 0.146 e. The first-order valence-corrected chi connectivity index (χ1v) is 7.11. The van der Waals surface area contributed by atoms with Crippen molar-refractivity contribution in [3.63, 3.8) is 0 Å². The highest BCUT2D eigenvalue weighted by atomic mass is 16.5. The Morgan fingerprint density at radius 3 is 1.78 bits per heavy atom. The summed E-state index contributed by atoms with van der Waals surface area (Å²) in [5, 5.41) is 0. The summed E-state index contributed by atoms with van der Waals surface area (Å²) >= 11 is 0. The van der Waals surface area contributed by atoms with Crippen LogP contribution in [-0.4, -0.2) is 14.2 Å². The smallest absolute Gasteiger partial charge is 0.146 e. The molecule has 126 valence electrons. The molecule has 0 aliphatic rings. The summed E-state index contributed by atoms with van der Waals surface area (Å²) in [6.45, 7) is 5.74. The van der Waals surface area contributed by atoms with Gasteiger partial charge in [-0.05, 0) is 44.0 Å². The Morgan fingerprint density at radius 2 is 1.26 bits per heavy atom. The highest BCUT2D eigenvalue weighted by Crippen LogP contribution is 2.32. The van der Waals surface area contributed by atoms with Crippen molar-refractivity contribution < 1.29 is 9.47 Å². The van der Waals surface area contributed by atoms with Gasteiger partial charge in [0.1, 0.15) is 11.5 Å². The molecule has 23 heavy (non-hydrogen) atoms. The summed E-state index contributed by atoms with van der Waals surface area (Å²) in [4.78, 5) is 0. The Balaban J connectivity index is 0.000000231. The number of nitrogen functional groups attached to an aromatic ring is 4. The van der Waals surface area contributed by atoms with E-state index in [4.69, 9.17) is 32.4 Å². The number of aryl methyl sites for hydroxylation is 2. The SMILES string of the molecule is COc1c(N)cc(C)c(N)c1C.COc1cc(N)c(C)cc1N. The Kier molecular flexibility index (Phi) is 5.95. The van der Waals surface area contributed by atoms with E-state index in [2.05, 4.69) is 0 Å². The molecule has 2 rings (SSSR count). The van der Waals surface area contributed by atoms with Crippen molar-refractivity contribution in [3.8, 4) is 11.5 Å². The van der Waals surface area contributed by atoms with Crippen LogP contribution in [0.25, 0.3) is 0 Å². The molecule has 0 heterocycles. The molecule has 0 saturated heterocycles. The number of benzene rings is 2. The summed E-state index contributed by atoms with van der Waals surface area (Å²) in [7, 11) is 3.16. The molecular formula is C17H26N4O2. The highest BCUT2D eigenvalue weighted by Gasteiger charge is 2.08. The van der Waals surface area contributed by atoms with Crippen LogP contribution in [0, 0.1) is 20.8 Å². The van der Waals surface area contributed by atoms with Crippen LogP contribution >= 0.6 is 0 Å². The topological polar surface area (TPSA) is 123 Å². The van der Waals surface area contributed by atoms with E-state index in [1.165, 1.54) is 0 Å². The molecule has 0 bridgehead atoms. The number of hydrogen-bond donors (Lipinski definition) is 4. The summed E-state index contributed by atoms with van der Waals surface area (Å²) in [6.07, 6.45) is 0. The van der Waals surface area contributed by atoms with Gasteiger partial charge in [0.25, 0.3) is 0 Å². The maximum absolute atomic E-state index is 5.79. The Morgan fingerprint density at radius 1 is 0.696 bits per heavy atom. The fourth-order valence-corrected chi connectivity index (χ4v) is 2.18. The van der Waals surface area contributed by atoms with Crippen LogP contribution in [0.3, 0.4) is 0 Å². The summed E-state index contributed by atoms with van der Waals surface area (Å²) < 4.78 is 10.1. The zero-order valence-corrected chi connectivity index (χ0v) is 14.4. The summed E-state index contributed by atoms with van der Waals surface area (Å²) in [5.74, 6) is 1.31. The van der Waals surface area contributed by atoms with Crippen molar-refractivity contribution in [3.05, 3.63) is 34.9 Å². The summed E-state index contributed by atoms with van der Waals surface area (Å²) in [6, 6.07) is 5.35. The molecule has 0 fully saturated rings. The molecule has 0 atom stereocenters. The third kappa shape index (κ3) is 4.12. The molecule has 0 aliphatic heterocycles. The maximum atomic E-state index is 5.79. The monoisotopic (exact) mass is 318 g/mol. The van der Waals surface area contributed by atoms with Crippen LogP contribution in [0.5, 0.6) is 11.5 Å². The quantitative estimate of drug-likeness (QED) is 0.631. The molecule has 0 saturated carbocycles. The largest absolute Gasteiger partial charge is 0.495 e. The number of hydrogen-bond acceptors (Lipinski definition) is 6. The van der Waals surface area contributed by atoms with Gasteiger partial charge in [0, 0.05) is 23.0 Å². The second-order valence-electron chi connectivity index (χ2n) is 5.31. The second-order valence-corrected chi connectivity index (χ2v) is 5.31. The molecular weight excluding hydrogens is 292 g/mol. The molecule has 0 aromatic heterocycles. The molecule has 6 heteroatoms. The first kappa shape index (κ1) is 18.3. The van der Waals surface area contributed by atoms with Crippen LogP contribution < -0.4 is 32.4 Å². The Bertz CT molecular complexity index is 700. The van der Waals surface area contributed by atoms with E-state index in [9.17, 15) is 0 Å². The van der Waals surface area contributed by atoms with E-state index in [-0.39, 0.29) is 0 Å². The number of rotatable bonds is 2. The van der Waals surface area contributed by atoms with Crippen molar-refractivity contribution in [1.82, 2.24) is 0 Å². The predicted octanol–water partition coefficient (Wildman–Crippen LogP) is 2.64. The van der Waals surface area contributed by atoms with Gasteiger partial charge in [-0.2, -0.15) is 0 Å². The molecule has 0 aliphatic carbocycles. The van der Waals surface area contributed by atoms with Crippen LogP contribution in [0.15, 0.2) is 18.2 Å². The zero-order chi connectivity index (χ0) is 17.7. The zero-order valence-electron chi connectivity index (χ0n) is 14.4. The van der Waals surface area contributed by atoms with Crippen molar-refractivity contribution in [1.29, 1.82) is 0 Å². The lowest BCUT2D eigenvalue weighted by Gasteiger charge is -2.12. The van der Waals surface area contributed by atoms with E-state index in [0.29, 0.717) is 28.6 Å². The lowest BCUT2D eigenvalue weighted by molar-refractivity contribution is 0.414. The first-order chi connectivity index (χ1) is 10.7. The average Bonchev–Trinajstić information content (AvgIpc) is 2.50. The fraction of sp³-hybridized carbons (Fsp3) is 0.294. The van der Waals surface area contributed by atoms with Crippen LogP contribution in [0.4, 0.5) is 22.7 Å². The molecule has 6 nitrogen and oxygen atoms in total. The van der Waals surface area contributed by atoms with Gasteiger partial charge in [0.05, 0.1) is 25.6 Å². The third-order valence-electron chi connectivity index (χ3n) is 3.63. The minimum atomic E-state index is 0.624. The second kappa shape index (κ2) is 7.49. The van der Waals surface area contributed by atoms with Crippen molar-refractivity contribution in [2.45, 2.75) is 20.8 Å². The molecule has 0 radical (unpaired) electrons. The highest BCUT2D eigenvalue weighted by molar-refractivity contribution is 5.69. The number of nitrogens with two attached hydrogens (primary N) is 4. The standard InChI is InChI=1S/C9H14N2O.C8H12N2O/c1-5-4-7(10)9(12-3)6(2)8(5)11;1-5-3-7(10)8(11-2)4-6(5)9/h4H,10-11H2,1-3H3;3-4H,9-10H2,1-2H3. The Labute approximate surface area is 137 Å². The normalized spacial score (nSPS) is 9.78. The average molecular weight is 318 g/mol. The minimum Gasteiger partial charge on any atom is -0.495 e. The molecule has 2 aromatic rings. The third-order valence-corrected chi connectivity index (χ3v) is 3.63. The molecule has 0 amide bonds. The van der Waals surface area contributed by atoms with E-state index >= 15 is 0 Å². The lowest BCUT2D eigenvalue weighted by atomic mass is 10.1. The van der Waals surface area contributed by atoms with E-state index in [1.807, 2.05) is 26.8 Å². The molecule has 0 unspecified atom stereocenters. The van der Waals surface area contributed by atoms with Gasteiger partial charge in [0.2, 0.25) is 0 Å². The van der Waals surface area contributed by atoms with Gasteiger partial charge in [0.15, 0.2) is 0 Å². The minimum absolute atomic E-state index is 0.624. The van der Waals surface area contributed by atoms with E-state index < -0.39 is 0 Å².